The van der Waals surface area contributed by atoms with Crippen LogP contribution >= 0.6 is 0 Å². The van der Waals surface area contributed by atoms with Gasteiger partial charge in [-0.3, -0.25) is 0 Å². The van der Waals surface area contributed by atoms with Crippen LogP contribution in [-0.2, 0) is 26.2 Å². The molecule has 2 aromatic carbocycles. The molecule has 0 aliphatic heterocycles. The Morgan fingerprint density at radius 1 is 1.00 bits per heavy atom. The standard InChI is InChI=1S/C20H27N3O4S2/c1-4-21-20(22-12-13-29(26,27)18-8-6-5-7-9-18)23-15-17-10-11-19(16(2)14-17)28(3,24)25/h5-11,14H,4,12-13,15H2,1-3H3,(H2,21,22,23). The van der Waals surface area contributed by atoms with Crippen molar-refractivity contribution in [3.8, 4) is 0 Å². The molecule has 0 aromatic heterocycles. The van der Waals surface area contributed by atoms with E-state index in [1.807, 2.05) is 6.92 Å². The van der Waals surface area contributed by atoms with Crippen molar-refractivity contribution in [1.82, 2.24) is 10.6 Å². The van der Waals surface area contributed by atoms with Gasteiger partial charge in [-0.05, 0) is 43.2 Å². The lowest BCUT2D eigenvalue weighted by molar-refractivity contribution is 0.594. The summed E-state index contributed by atoms with van der Waals surface area (Å²) in [6, 6.07) is 13.4. The molecule has 29 heavy (non-hydrogen) atoms. The highest BCUT2D eigenvalue weighted by molar-refractivity contribution is 7.91. The van der Waals surface area contributed by atoms with Gasteiger partial charge in [0.25, 0.3) is 0 Å². The molecule has 158 valence electrons. The Morgan fingerprint density at radius 2 is 1.69 bits per heavy atom. The van der Waals surface area contributed by atoms with E-state index in [9.17, 15) is 16.8 Å². The third-order valence-electron chi connectivity index (χ3n) is 4.17. The minimum atomic E-state index is -3.36. The SMILES string of the molecule is CCNC(=NCc1ccc(S(C)(=O)=O)c(C)c1)NCCS(=O)(=O)c1ccccc1. The Labute approximate surface area is 173 Å². The van der Waals surface area contributed by atoms with Crippen molar-refractivity contribution in [2.45, 2.75) is 30.2 Å². The molecule has 2 aromatic rings. The first-order valence-corrected chi connectivity index (χ1v) is 12.8. The van der Waals surface area contributed by atoms with E-state index in [1.54, 1.807) is 55.5 Å². The molecule has 2 rings (SSSR count). The molecule has 0 heterocycles. The first-order valence-electron chi connectivity index (χ1n) is 9.23. The minimum absolute atomic E-state index is 0.0520. The van der Waals surface area contributed by atoms with E-state index in [2.05, 4.69) is 15.6 Å². The normalized spacial score (nSPS) is 12.6. The third kappa shape index (κ3) is 6.86. The predicted octanol–water partition coefficient (Wildman–Crippen LogP) is 1.93. The lowest BCUT2D eigenvalue weighted by Gasteiger charge is -2.12. The molecule has 0 atom stereocenters. The zero-order valence-electron chi connectivity index (χ0n) is 16.8. The molecule has 0 saturated carbocycles. The summed E-state index contributed by atoms with van der Waals surface area (Å²) in [6.45, 7) is 4.86. The Balaban J connectivity index is 2.02. The van der Waals surface area contributed by atoms with Gasteiger partial charge in [-0.15, -0.1) is 0 Å². The summed E-state index contributed by atoms with van der Waals surface area (Å²) in [6.07, 6.45) is 1.18. The maximum absolute atomic E-state index is 12.4. The molecule has 0 aliphatic rings. The van der Waals surface area contributed by atoms with Crippen LogP contribution in [-0.4, -0.2) is 47.9 Å². The molecule has 0 spiro atoms. The zero-order valence-corrected chi connectivity index (χ0v) is 18.5. The Morgan fingerprint density at radius 3 is 2.28 bits per heavy atom. The average molecular weight is 438 g/mol. The lowest BCUT2D eigenvalue weighted by atomic mass is 10.1. The Kier molecular flexibility index (Phi) is 7.80. The van der Waals surface area contributed by atoms with Gasteiger partial charge in [0.15, 0.2) is 25.6 Å². The molecule has 7 nitrogen and oxygen atoms in total. The van der Waals surface area contributed by atoms with E-state index in [0.717, 1.165) is 5.56 Å². The fraction of sp³-hybridized carbons (Fsp3) is 0.350. The number of nitrogens with one attached hydrogen (secondary N) is 2. The average Bonchev–Trinajstić information content (AvgIpc) is 2.65. The number of rotatable bonds is 8. The van der Waals surface area contributed by atoms with Gasteiger partial charge in [-0.25, -0.2) is 21.8 Å². The maximum atomic E-state index is 12.4. The number of hydrogen-bond donors (Lipinski definition) is 2. The smallest absolute Gasteiger partial charge is 0.191 e. The second kappa shape index (κ2) is 9.89. The van der Waals surface area contributed by atoms with Crippen molar-refractivity contribution in [3.05, 3.63) is 59.7 Å². The van der Waals surface area contributed by atoms with Crippen molar-refractivity contribution < 1.29 is 16.8 Å². The van der Waals surface area contributed by atoms with Gasteiger partial charge >= 0.3 is 0 Å². The minimum Gasteiger partial charge on any atom is -0.357 e. The molecular formula is C20H27N3O4S2. The van der Waals surface area contributed by atoms with Gasteiger partial charge < -0.3 is 10.6 Å². The largest absolute Gasteiger partial charge is 0.357 e. The zero-order chi connectivity index (χ0) is 21.5. The van der Waals surface area contributed by atoms with E-state index in [1.165, 1.54) is 6.26 Å². The second-order valence-electron chi connectivity index (χ2n) is 6.63. The van der Waals surface area contributed by atoms with E-state index in [4.69, 9.17) is 0 Å². The number of sulfone groups is 2. The summed E-state index contributed by atoms with van der Waals surface area (Å²) in [5.41, 5.74) is 1.54. The maximum Gasteiger partial charge on any atom is 0.191 e. The molecule has 0 saturated heterocycles. The van der Waals surface area contributed by atoms with Crippen LogP contribution in [0.1, 0.15) is 18.1 Å². The molecule has 0 radical (unpaired) electrons. The Bertz CT molecular complexity index is 1060. The highest BCUT2D eigenvalue weighted by atomic mass is 32.2. The van der Waals surface area contributed by atoms with Crippen molar-refractivity contribution in [1.29, 1.82) is 0 Å². The number of nitrogens with zero attached hydrogens (tertiary/aromatic N) is 1. The van der Waals surface area contributed by atoms with Crippen LogP contribution < -0.4 is 10.6 Å². The molecule has 9 heteroatoms. The van der Waals surface area contributed by atoms with E-state index in [0.29, 0.717) is 34.4 Å². The molecule has 0 bridgehead atoms. The molecule has 0 aliphatic carbocycles. The quantitative estimate of drug-likeness (QED) is 0.483. The van der Waals surface area contributed by atoms with Crippen molar-refractivity contribution >= 4 is 25.6 Å². The number of benzene rings is 2. The van der Waals surface area contributed by atoms with Crippen LogP contribution in [0, 0.1) is 6.92 Å². The van der Waals surface area contributed by atoms with Gasteiger partial charge in [0, 0.05) is 19.3 Å². The second-order valence-corrected chi connectivity index (χ2v) is 10.7. The highest BCUT2D eigenvalue weighted by Crippen LogP contribution is 2.17. The monoisotopic (exact) mass is 437 g/mol. The number of hydrogen-bond acceptors (Lipinski definition) is 5. The Hall–Kier alpha value is -2.39. The van der Waals surface area contributed by atoms with Gasteiger partial charge in [0.1, 0.15) is 0 Å². The summed E-state index contributed by atoms with van der Waals surface area (Å²) < 4.78 is 48.1. The summed E-state index contributed by atoms with van der Waals surface area (Å²) in [7, 11) is -6.62. The van der Waals surface area contributed by atoms with Gasteiger partial charge in [-0.1, -0.05) is 30.3 Å². The molecule has 0 unspecified atom stereocenters. The van der Waals surface area contributed by atoms with Crippen LogP contribution in [0.4, 0.5) is 0 Å². The number of guanidine groups is 1. The molecule has 0 amide bonds. The van der Waals surface area contributed by atoms with Gasteiger partial charge in [-0.2, -0.15) is 0 Å². The van der Waals surface area contributed by atoms with Crippen LogP contribution in [0.2, 0.25) is 0 Å². The molecule has 2 N–H and O–H groups in total. The van der Waals surface area contributed by atoms with Crippen LogP contribution in [0.5, 0.6) is 0 Å². The van der Waals surface area contributed by atoms with Crippen LogP contribution in [0.25, 0.3) is 0 Å². The first-order chi connectivity index (χ1) is 13.6. The van der Waals surface area contributed by atoms with Crippen molar-refractivity contribution in [2.75, 3.05) is 25.1 Å². The van der Waals surface area contributed by atoms with Gasteiger partial charge in [0.05, 0.1) is 22.1 Å². The first kappa shape index (κ1) is 22.9. The summed E-state index contributed by atoms with van der Waals surface area (Å²) >= 11 is 0. The van der Waals surface area contributed by atoms with E-state index in [-0.39, 0.29) is 12.3 Å². The van der Waals surface area contributed by atoms with Crippen LogP contribution in [0.3, 0.4) is 0 Å². The topological polar surface area (TPSA) is 105 Å². The van der Waals surface area contributed by atoms with Crippen molar-refractivity contribution in [2.24, 2.45) is 4.99 Å². The lowest BCUT2D eigenvalue weighted by Crippen LogP contribution is -2.39. The predicted molar refractivity (Wildman–Crippen MR) is 116 cm³/mol. The third-order valence-corrected chi connectivity index (χ3v) is 7.16. The highest BCUT2D eigenvalue weighted by Gasteiger charge is 2.14. The van der Waals surface area contributed by atoms with Crippen LogP contribution in [0.15, 0.2) is 63.3 Å². The molecular weight excluding hydrogens is 410 g/mol. The summed E-state index contributed by atoms with van der Waals surface area (Å²) in [5.74, 6) is 0.449. The molecule has 0 fully saturated rings. The van der Waals surface area contributed by atoms with E-state index < -0.39 is 19.7 Å². The fourth-order valence-electron chi connectivity index (χ4n) is 2.79. The van der Waals surface area contributed by atoms with Crippen molar-refractivity contribution in [3.63, 3.8) is 0 Å². The number of aryl methyl sites for hydroxylation is 1. The number of aliphatic imine (C=N–C) groups is 1. The summed E-state index contributed by atoms with van der Waals surface area (Å²) in [4.78, 5) is 5.06. The summed E-state index contributed by atoms with van der Waals surface area (Å²) in [5, 5.41) is 6.11. The fourth-order valence-corrected chi connectivity index (χ4v) is 4.92. The van der Waals surface area contributed by atoms with Gasteiger partial charge in [0.2, 0.25) is 0 Å². The van der Waals surface area contributed by atoms with E-state index >= 15 is 0 Å².